The minimum atomic E-state index is -0.101. The Bertz CT molecular complexity index is 839. The van der Waals surface area contributed by atoms with E-state index >= 15 is 0 Å². The summed E-state index contributed by atoms with van der Waals surface area (Å²) in [6, 6.07) is 0. The predicted octanol–water partition coefficient (Wildman–Crippen LogP) is 5.29. The SMILES string of the molecule is CC(C)(C)OCCCN1CCC2(CC1)CN(C(C)(C)CC(C)(C)OCCN1CC[C@@H](CN3CCN(C(C)(C)C)CC3)C1)C2. The molecule has 0 N–H and O–H groups in total. The zero-order valence-electron chi connectivity index (χ0n) is 30.3. The smallest absolute Gasteiger partial charge is 0.0644 e. The van der Waals surface area contributed by atoms with Crippen LogP contribution >= 0.6 is 0 Å². The fraction of sp³-hybridized carbons (Fsp3) is 1.00. The van der Waals surface area contributed by atoms with E-state index in [1.807, 2.05) is 0 Å². The topological polar surface area (TPSA) is 34.7 Å². The molecular weight excluding hydrogens is 534 g/mol. The number of piperidine rings is 1. The first-order chi connectivity index (χ1) is 19.9. The van der Waals surface area contributed by atoms with E-state index in [1.54, 1.807) is 0 Å². The summed E-state index contributed by atoms with van der Waals surface area (Å²) in [5.41, 5.74) is 0.903. The van der Waals surface area contributed by atoms with Gasteiger partial charge in [0.25, 0.3) is 0 Å². The maximum Gasteiger partial charge on any atom is 0.0644 e. The normalized spacial score (nSPS) is 26.0. The quantitative estimate of drug-likeness (QED) is 0.264. The van der Waals surface area contributed by atoms with E-state index in [2.05, 4.69) is 93.7 Å². The van der Waals surface area contributed by atoms with Crippen molar-refractivity contribution in [1.29, 1.82) is 0 Å². The number of hydrogen-bond acceptors (Lipinski definition) is 7. The third-order valence-electron chi connectivity index (χ3n) is 10.9. The molecule has 0 saturated carbocycles. The van der Waals surface area contributed by atoms with Gasteiger partial charge in [-0.2, -0.15) is 0 Å². The summed E-state index contributed by atoms with van der Waals surface area (Å²) < 4.78 is 12.5. The summed E-state index contributed by atoms with van der Waals surface area (Å²) in [6.07, 6.45) is 6.27. The van der Waals surface area contributed by atoms with Gasteiger partial charge in [0.05, 0.1) is 17.8 Å². The maximum atomic E-state index is 6.59. The number of nitrogens with zero attached hydrogens (tertiary/aromatic N) is 5. The van der Waals surface area contributed by atoms with Crippen LogP contribution < -0.4 is 0 Å². The van der Waals surface area contributed by atoms with Crippen LogP contribution in [0.4, 0.5) is 0 Å². The van der Waals surface area contributed by atoms with Crippen LogP contribution in [-0.4, -0.2) is 145 Å². The molecule has 252 valence electrons. The Morgan fingerprint density at radius 1 is 0.651 bits per heavy atom. The Morgan fingerprint density at radius 2 is 1.30 bits per heavy atom. The lowest BCUT2D eigenvalue weighted by Crippen LogP contribution is -2.66. The van der Waals surface area contributed by atoms with E-state index in [9.17, 15) is 0 Å². The molecule has 4 fully saturated rings. The molecule has 0 aromatic rings. The van der Waals surface area contributed by atoms with Crippen LogP contribution in [0.2, 0.25) is 0 Å². The summed E-state index contributed by atoms with van der Waals surface area (Å²) in [5.74, 6) is 0.821. The van der Waals surface area contributed by atoms with Gasteiger partial charge in [0.15, 0.2) is 0 Å². The van der Waals surface area contributed by atoms with Crippen molar-refractivity contribution < 1.29 is 9.47 Å². The Kier molecular flexibility index (Phi) is 11.8. The molecule has 0 bridgehead atoms. The van der Waals surface area contributed by atoms with E-state index in [0.29, 0.717) is 11.0 Å². The van der Waals surface area contributed by atoms with Crippen molar-refractivity contribution in [3.63, 3.8) is 0 Å². The van der Waals surface area contributed by atoms with Crippen LogP contribution in [0.25, 0.3) is 0 Å². The number of rotatable bonds is 13. The van der Waals surface area contributed by atoms with Gasteiger partial charge in [-0.25, -0.2) is 0 Å². The van der Waals surface area contributed by atoms with Crippen molar-refractivity contribution in [2.75, 3.05) is 98.3 Å². The molecule has 0 amide bonds. The predicted molar refractivity (Wildman–Crippen MR) is 181 cm³/mol. The number of piperazine rings is 1. The Balaban J connectivity index is 1.08. The van der Waals surface area contributed by atoms with Crippen molar-refractivity contribution >= 4 is 0 Å². The highest BCUT2D eigenvalue weighted by molar-refractivity contribution is 5.04. The molecule has 0 aromatic heterocycles. The summed E-state index contributed by atoms with van der Waals surface area (Å²) in [4.78, 5) is 13.4. The first kappa shape index (κ1) is 35.6. The Morgan fingerprint density at radius 3 is 1.91 bits per heavy atom. The second-order valence-corrected chi connectivity index (χ2v) is 18.0. The van der Waals surface area contributed by atoms with Crippen molar-refractivity contribution in [2.45, 2.75) is 124 Å². The highest BCUT2D eigenvalue weighted by atomic mass is 16.5. The van der Waals surface area contributed by atoms with Gasteiger partial charge in [0, 0.05) is 83.1 Å². The molecule has 0 radical (unpaired) electrons. The van der Waals surface area contributed by atoms with E-state index < -0.39 is 0 Å². The third-order valence-corrected chi connectivity index (χ3v) is 10.9. The standard InChI is InChI=1S/C36H71N5O2/c1-32(2,3)40-21-19-39(20-22-40)27-31-12-16-38(26-31)23-25-43-35(9,10)28-34(7,8)41-29-36(30-41)13-17-37(18-14-36)15-11-24-42-33(4,5)6/h31H,11-30H2,1-10H3/t31-/m1/s1. The molecule has 4 rings (SSSR count). The van der Waals surface area contributed by atoms with Crippen molar-refractivity contribution in [3.05, 3.63) is 0 Å². The molecule has 4 aliphatic heterocycles. The van der Waals surface area contributed by atoms with Gasteiger partial charge in [0.2, 0.25) is 0 Å². The number of ether oxygens (including phenoxy) is 2. The van der Waals surface area contributed by atoms with Gasteiger partial charge in [-0.15, -0.1) is 0 Å². The van der Waals surface area contributed by atoms with Gasteiger partial charge < -0.3 is 24.2 Å². The summed E-state index contributed by atoms with van der Waals surface area (Å²) >= 11 is 0. The van der Waals surface area contributed by atoms with Crippen molar-refractivity contribution in [3.8, 4) is 0 Å². The monoisotopic (exact) mass is 606 g/mol. The lowest BCUT2D eigenvalue weighted by atomic mass is 9.69. The molecule has 0 aromatic carbocycles. The average molecular weight is 606 g/mol. The number of likely N-dealkylation sites (tertiary alicyclic amines) is 3. The maximum absolute atomic E-state index is 6.59. The highest BCUT2D eigenvalue weighted by Gasteiger charge is 2.50. The molecule has 4 saturated heterocycles. The van der Waals surface area contributed by atoms with Gasteiger partial charge in [-0.05, 0) is 132 Å². The van der Waals surface area contributed by atoms with Gasteiger partial charge in [-0.1, -0.05) is 0 Å². The van der Waals surface area contributed by atoms with Gasteiger partial charge >= 0.3 is 0 Å². The van der Waals surface area contributed by atoms with Crippen LogP contribution in [0.5, 0.6) is 0 Å². The zero-order chi connectivity index (χ0) is 31.5. The molecule has 43 heavy (non-hydrogen) atoms. The highest BCUT2D eigenvalue weighted by Crippen LogP contribution is 2.45. The van der Waals surface area contributed by atoms with E-state index in [1.165, 1.54) is 97.8 Å². The fourth-order valence-electron chi connectivity index (χ4n) is 8.31. The van der Waals surface area contributed by atoms with Gasteiger partial charge in [-0.3, -0.25) is 9.80 Å². The summed E-state index contributed by atoms with van der Waals surface area (Å²) in [5, 5.41) is 0. The van der Waals surface area contributed by atoms with Crippen LogP contribution in [-0.2, 0) is 9.47 Å². The van der Waals surface area contributed by atoms with Crippen LogP contribution in [0.1, 0.15) is 101 Å². The lowest BCUT2D eigenvalue weighted by molar-refractivity contribution is -0.126. The molecule has 1 spiro atoms. The molecule has 0 unspecified atom stereocenters. The van der Waals surface area contributed by atoms with Crippen molar-refractivity contribution in [2.24, 2.45) is 11.3 Å². The fourth-order valence-corrected chi connectivity index (χ4v) is 8.31. The summed E-state index contributed by atoms with van der Waals surface area (Å²) in [6.45, 7) is 40.6. The minimum absolute atomic E-state index is 0.0201. The molecular formula is C36H71N5O2. The second-order valence-electron chi connectivity index (χ2n) is 18.0. The molecule has 1 atom stereocenters. The van der Waals surface area contributed by atoms with Crippen LogP contribution in [0, 0.1) is 11.3 Å². The summed E-state index contributed by atoms with van der Waals surface area (Å²) in [7, 11) is 0. The van der Waals surface area contributed by atoms with E-state index in [-0.39, 0.29) is 16.7 Å². The molecule has 7 heteroatoms. The minimum Gasteiger partial charge on any atom is -0.376 e. The number of hydrogen-bond donors (Lipinski definition) is 0. The third kappa shape index (κ3) is 10.9. The average Bonchev–Trinajstić information content (AvgIpc) is 3.31. The largest absolute Gasteiger partial charge is 0.376 e. The molecule has 4 heterocycles. The van der Waals surface area contributed by atoms with Crippen LogP contribution in [0.15, 0.2) is 0 Å². The first-order valence-corrected chi connectivity index (χ1v) is 17.9. The molecule has 0 aliphatic carbocycles. The molecule has 7 nitrogen and oxygen atoms in total. The molecule has 4 aliphatic rings. The van der Waals surface area contributed by atoms with Crippen LogP contribution in [0.3, 0.4) is 0 Å². The zero-order valence-corrected chi connectivity index (χ0v) is 30.3. The first-order valence-electron chi connectivity index (χ1n) is 17.9. The second kappa shape index (κ2) is 14.2. The van der Waals surface area contributed by atoms with E-state index in [0.717, 1.165) is 38.5 Å². The Hall–Kier alpha value is -0.280. The van der Waals surface area contributed by atoms with E-state index in [4.69, 9.17) is 9.47 Å². The van der Waals surface area contributed by atoms with Crippen molar-refractivity contribution in [1.82, 2.24) is 24.5 Å². The lowest BCUT2D eigenvalue weighted by Gasteiger charge is -2.60. The van der Waals surface area contributed by atoms with Gasteiger partial charge in [0.1, 0.15) is 0 Å². The Labute approximate surface area is 267 Å².